The number of nitrogens with zero attached hydrogens (tertiary/aromatic N) is 2. The molecule has 0 aromatic heterocycles. The highest BCUT2D eigenvalue weighted by Gasteiger charge is 2.55. The number of carbonyl (C=O) groups excluding carboxylic acids is 3. The van der Waals surface area contributed by atoms with E-state index in [4.69, 9.17) is 11.6 Å². The number of nitrogens with one attached hydrogen (secondary N) is 1. The predicted molar refractivity (Wildman–Crippen MR) is 106 cm³/mol. The van der Waals surface area contributed by atoms with Crippen molar-refractivity contribution in [1.29, 1.82) is 0 Å². The molecule has 1 aromatic carbocycles. The first-order valence-electron chi connectivity index (χ1n) is 10.1. The summed E-state index contributed by atoms with van der Waals surface area (Å²) in [6.07, 6.45) is 5.33. The number of hydrogen-bond acceptors (Lipinski definition) is 3. The molecule has 3 atom stereocenters. The van der Waals surface area contributed by atoms with Crippen molar-refractivity contribution in [2.75, 3.05) is 13.1 Å². The van der Waals surface area contributed by atoms with Crippen molar-refractivity contribution in [3.05, 3.63) is 34.9 Å². The van der Waals surface area contributed by atoms with Gasteiger partial charge in [-0.1, -0.05) is 43.5 Å². The molecule has 2 heterocycles. The van der Waals surface area contributed by atoms with Crippen molar-refractivity contribution in [1.82, 2.24) is 15.1 Å². The molecule has 4 amide bonds. The van der Waals surface area contributed by atoms with E-state index in [0.717, 1.165) is 42.6 Å². The molecule has 1 N–H and O–H groups in total. The molecule has 1 saturated carbocycles. The Hall–Kier alpha value is -2.08. The number of carbonyl (C=O) groups is 3. The van der Waals surface area contributed by atoms with Crippen LogP contribution in [0.25, 0.3) is 0 Å². The van der Waals surface area contributed by atoms with Gasteiger partial charge in [0.25, 0.3) is 5.91 Å². The lowest BCUT2D eigenvalue weighted by molar-refractivity contribution is -0.141. The van der Waals surface area contributed by atoms with Gasteiger partial charge in [0.2, 0.25) is 5.91 Å². The molecule has 6 nitrogen and oxygen atoms in total. The van der Waals surface area contributed by atoms with Crippen LogP contribution >= 0.6 is 11.6 Å². The van der Waals surface area contributed by atoms with Gasteiger partial charge < -0.3 is 10.2 Å². The van der Waals surface area contributed by atoms with E-state index in [1.165, 1.54) is 0 Å². The summed E-state index contributed by atoms with van der Waals surface area (Å²) in [5, 5.41) is 3.57. The van der Waals surface area contributed by atoms with E-state index in [9.17, 15) is 14.4 Å². The van der Waals surface area contributed by atoms with Crippen molar-refractivity contribution in [2.24, 2.45) is 5.92 Å². The maximum atomic E-state index is 13.1. The minimum Gasteiger partial charge on any atom is -0.334 e. The van der Waals surface area contributed by atoms with Crippen LogP contribution in [0.5, 0.6) is 0 Å². The number of likely N-dealkylation sites (tertiary alicyclic amines) is 1. The van der Waals surface area contributed by atoms with Crippen molar-refractivity contribution in [3.8, 4) is 0 Å². The Bertz CT molecular complexity index is 797. The van der Waals surface area contributed by atoms with Gasteiger partial charge in [-0.2, -0.15) is 0 Å². The monoisotopic (exact) mass is 403 g/mol. The van der Waals surface area contributed by atoms with Crippen LogP contribution in [0.1, 0.15) is 57.1 Å². The molecule has 7 heteroatoms. The molecule has 1 aliphatic carbocycles. The summed E-state index contributed by atoms with van der Waals surface area (Å²) in [4.78, 5) is 41.6. The van der Waals surface area contributed by atoms with E-state index in [0.29, 0.717) is 18.0 Å². The molecule has 0 radical (unpaired) electrons. The van der Waals surface area contributed by atoms with Gasteiger partial charge in [0, 0.05) is 11.6 Å². The molecule has 2 aliphatic heterocycles. The minimum atomic E-state index is -0.823. The Kier molecular flexibility index (Phi) is 5.08. The van der Waals surface area contributed by atoms with Crippen molar-refractivity contribution in [2.45, 2.75) is 57.0 Å². The second-order valence-electron chi connectivity index (χ2n) is 8.24. The molecule has 2 saturated heterocycles. The van der Waals surface area contributed by atoms with Crippen LogP contribution in [0.15, 0.2) is 24.3 Å². The summed E-state index contributed by atoms with van der Waals surface area (Å²) < 4.78 is 0. The Morgan fingerprint density at radius 1 is 1.18 bits per heavy atom. The average molecular weight is 404 g/mol. The van der Waals surface area contributed by atoms with Crippen LogP contribution in [0.2, 0.25) is 5.02 Å². The number of hydrogen-bond donors (Lipinski definition) is 1. The lowest BCUT2D eigenvalue weighted by Gasteiger charge is -2.36. The molecule has 3 aliphatic rings. The second-order valence-corrected chi connectivity index (χ2v) is 8.67. The van der Waals surface area contributed by atoms with E-state index < -0.39 is 11.6 Å². The van der Waals surface area contributed by atoms with Crippen molar-refractivity contribution >= 4 is 29.4 Å². The first-order chi connectivity index (χ1) is 13.4. The quantitative estimate of drug-likeness (QED) is 0.785. The predicted octanol–water partition coefficient (Wildman–Crippen LogP) is 3.50. The Labute approximate surface area is 170 Å². The summed E-state index contributed by atoms with van der Waals surface area (Å²) in [6, 6.07) is 7.05. The zero-order valence-corrected chi connectivity index (χ0v) is 16.9. The summed E-state index contributed by atoms with van der Waals surface area (Å²) in [7, 11) is 0. The maximum Gasteiger partial charge on any atom is 0.325 e. The molecule has 3 fully saturated rings. The zero-order chi connectivity index (χ0) is 19.9. The van der Waals surface area contributed by atoms with Gasteiger partial charge in [-0.25, -0.2) is 4.79 Å². The third-order valence-corrected chi connectivity index (χ3v) is 6.87. The fourth-order valence-electron chi connectivity index (χ4n) is 4.96. The summed E-state index contributed by atoms with van der Waals surface area (Å²) in [5.74, 6) is -0.326. The molecule has 1 spiro atoms. The van der Waals surface area contributed by atoms with Gasteiger partial charge in [0.15, 0.2) is 0 Å². The highest BCUT2D eigenvalue weighted by molar-refractivity contribution is 6.30. The minimum absolute atomic E-state index is 0.0342. The topological polar surface area (TPSA) is 69.7 Å². The first kappa shape index (κ1) is 19.2. The Balaban J connectivity index is 1.49. The summed E-state index contributed by atoms with van der Waals surface area (Å²) in [5.41, 5.74) is 0.209. The average Bonchev–Trinajstić information content (AvgIpc) is 3.25. The smallest absolute Gasteiger partial charge is 0.325 e. The van der Waals surface area contributed by atoms with Gasteiger partial charge in [-0.15, -0.1) is 0 Å². The van der Waals surface area contributed by atoms with Crippen molar-refractivity contribution < 1.29 is 14.4 Å². The van der Waals surface area contributed by atoms with Gasteiger partial charge in [0.1, 0.15) is 12.1 Å². The number of urea groups is 1. The van der Waals surface area contributed by atoms with Crippen LogP contribution in [0.3, 0.4) is 0 Å². The molecule has 4 rings (SSSR count). The van der Waals surface area contributed by atoms with E-state index in [1.807, 2.05) is 31.2 Å². The highest BCUT2D eigenvalue weighted by Crippen LogP contribution is 2.38. The number of amides is 4. The number of imide groups is 1. The Morgan fingerprint density at radius 3 is 2.64 bits per heavy atom. The van der Waals surface area contributed by atoms with Crippen LogP contribution in [-0.2, 0) is 9.59 Å². The van der Waals surface area contributed by atoms with E-state index in [2.05, 4.69) is 5.32 Å². The molecular weight excluding hydrogens is 378 g/mol. The summed E-state index contributed by atoms with van der Waals surface area (Å²) in [6.45, 7) is 2.46. The molecule has 1 aromatic rings. The molecule has 0 bridgehead atoms. The maximum absolute atomic E-state index is 13.1. The third-order valence-electron chi connectivity index (χ3n) is 6.62. The lowest BCUT2D eigenvalue weighted by atomic mass is 9.73. The molecule has 3 unspecified atom stereocenters. The lowest BCUT2D eigenvalue weighted by Crippen LogP contribution is -2.54. The molecule has 28 heavy (non-hydrogen) atoms. The standard InChI is InChI=1S/C21H26ClN3O3/c1-14-5-2-3-11-21(14)19(27)25(20(28)23-21)13-18(26)24-12-4-6-17(24)15-7-9-16(22)10-8-15/h7-10,14,17H,2-6,11-13H2,1H3,(H,23,28). The fourth-order valence-corrected chi connectivity index (χ4v) is 5.09. The van der Waals surface area contributed by atoms with Crippen molar-refractivity contribution in [3.63, 3.8) is 0 Å². The highest BCUT2D eigenvalue weighted by atomic mass is 35.5. The van der Waals surface area contributed by atoms with Crippen LogP contribution in [0.4, 0.5) is 4.79 Å². The normalized spacial score (nSPS) is 30.2. The second kappa shape index (κ2) is 7.39. The van der Waals surface area contributed by atoms with E-state index in [-0.39, 0.29) is 30.3 Å². The fraction of sp³-hybridized carbons (Fsp3) is 0.571. The first-order valence-corrected chi connectivity index (χ1v) is 10.5. The van der Waals surface area contributed by atoms with E-state index >= 15 is 0 Å². The van der Waals surface area contributed by atoms with Crippen LogP contribution in [0, 0.1) is 5.92 Å². The third kappa shape index (κ3) is 3.17. The van der Waals surface area contributed by atoms with E-state index in [1.54, 1.807) is 4.90 Å². The largest absolute Gasteiger partial charge is 0.334 e. The van der Waals surface area contributed by atoms with Gasteiger partial charge >= 0.3 is 6.03 Å². The zero-order valence-electron chi connectivity index (χ0n) is 16.1. The molecule has 150 valence electrons. The van der Waals surface area contributed by atoms with Gasteiger partial charge in [0.05, 0.1) is 6.04 Å². The van der Waals surface area contributed by atoms with Crippen LogP contribution < -0.4 is 5.32 Å². The molecular formula is C21H26ClN3O3. The number of rotatable bonds is 3. The van der Waals surface area contributed by atoms with Gasteiger partial charge in [-0.05, 0) is 49.3 Å². The van der Waals surface area contributed by atoms with Crippen LogP contribution in [-0.4, -0.2) is 46.3 Å². The van der Waals surface area contributed by atoms with Gasteiger partial charge in [-0.3, -0.25) is 14.5 Å². The summed E-state index contributed by atoms with van der Waals surface area (Å²) >= 11 is 5.98. The number of benzene rings is 1. The SMILES string of the molecule is CC1CCCCC12NC(=O)N(CC(=O)N1CCCC1c1ccc(Cl)cc1)C2=O. The number of halogens is 1. The Morgan fingerprint density at radius 2 is 1.93 bits per heavy atom.